The minimum Gasteiger partial charge on any atom is -0.363 e. The summed E-state index contributed by atoms with van der Waals surface area (Å²) in [7, 11) is 0. The Labute approximate surface area is 199 Å². The molecule has 3 heterocycles. The lowest BCUT2D eigenvalue weighted by atomic mass is 9.64. The molecule has 0 spiro atoms. The minimum atomic E-state index is -4.81. The van der Waals surface area contributed by atoms with Gasteiger partial charge in [0.1, 0.15) is 11.4 Å². The number of hydrogen-bond donors (Lipinski definition) is 2. The van der Waals surface area contributed by atoms with Gasteiger partial charge in [-0.2, -0.15) is 31.4 Å². The van der Waals surface area contributed by atoms with Crippen LogP contribution in [0, 0.1) is 5.41 Å². The highest BCUT2D eigenvalue weighted by Gasteiger charge is 2.65. The van der Waals surface area contributed by atoms with Crippen molar-refractivity contribution in [2.45, 2.75) is 43.6 Å². The monoisotopic (exact) mass is 517 g/mol. The van der Waals surface area contributed by atoms with E-state index in [0.717, 1.165) is 12.4 Å². The third-order valence-electron chi connectivity index (χ3n) is 7.21. The molecule has 1 saturated heterocycles. The van der Waals surface area contributed by atoms with E-state index in [1.54, 1.807) is 9.80 Å². The van der Waals surface area contributed by atoms with Crippen LogP contribution in [0.15, 0.2) is 23.3 Å². The van der Waals surface area contributed by atoms with Crippen LogP contribution in [0.3, 0.4) is 0 Å². The molecule has 4 fully saturated rings. The summed E-state index contributed by atoms with van der Waals surface area (Å²) in [4.78, 5) is 35.8. The molecule has 2 N–H and O–H groups in total. The zero-order chi connectivity index (χ0) is 25.9. The molecule has 1 aliphatic heterocycles. The number of nitrogens with zero attached hydrogens (tertiary/aromatic N) is 5. The van der Waals surface area contributed by atoms with Crippen molar-refractivity contribution in [1.29, 1.82) is 0 Å². The first-order valence-electron chi connectivity index (χ1n) is 11.2. The summed E-state index contributed by atoms with van der Waals surface area (Å²) in [6.07, 6.45) is -5.87. The maximum atomic E-state index is 13.3. The average Bonchev–Trinajstić information content (AvgIpc) is 3.35. The van der Waals surface area contributed by atoms with Crippen molar-refractivity contribution in [3.63, 3.8) is 0 Å². The fourth-order valence-corrected chi connectivity index (χ4v) is 5.51. The molecule has 3 aliphatic carbocycles. The standard InChI is InChI=1S/C21H21F6N7O2/c22-20(23,24)12-8-28-17(29-9-12)34-5-3-33(4-6-34)16(36)18-1-2-19(10-18,11-18)30-14-7-13(21(25,26)27)15(35)32-31-14/h7-9H,1-6,10-11H2,(H,30,31)(H,32,35)/t18-,19+. The number of fused-ring (bicyclic) bond motifs is 1. The molecule has 1 amide bonds. The Hall–Kier alpha value is -3.39. The van der Waals surface area contributed by atoms with Gasteiger partial charge in [-0.05, 0) is 25.7 Å². The third-order valence-corrected chi connectivity index (χ3v) is 7.21. The lowest BCUT2D eigenvalue weighted by Gasteiger charge is -2.49. The Balaban J connectivity index is 1.19. The molecule has 0 aromatic carbocycles. The van der Waals surface area contributed by atoms with Gasteiger partial charge in [0.15, 0.2) is 0 Å². The van der Waals surface area contributed by atoms with E-state index in [1.807, 2.05) is 5.10 Å². The van der Waals surface area contributed by atoms with Crippen LogP contribution in [0.4, 0.5) is 38.1 Å². The van der Waals surface area contributed by atoms with Crippen molar-refractivity contribution in [3.8, 4) is 0 Å². The zero-order valence-corrected chi connectivity index (χ0v) is 18.7. The van der Waals surface area contributed by atoms with E-state index in [0.29, 0.717) is 57.9 Å². The van der Waals surface area contributed by atoms with Crippen LogP contribution in [-0.4, -0.2) is 62.7 Å². The SMILES string of the molecule is O=c1[nH]nc(N[C@]23CC[C@](C(=O)N4CCN(c5ncc(C(F)(F)F)cn5)CC4)(C2)C3)cc1C(F)(F)F. The van der Waals surface area contributed by atoms with Crippen molar-refractivity contribution in [3.05, 3.63) is 39.9 Å². The summed E-state index contributed by atoms with van der Waals surface area (Å²) in [5.41, 5.74) is -4.79. The number of amides is 1. The highest BCUT2D eigenvalue weighted by Crippen LogP contribution is 2.63. The topological polar surface area (TPSA) is 107 Å². The van der Waals surface area contributed by atoms with Gasteiger partial charge in [-0.15, -0.1) is 0 Å². The summed E-state index contributed by atoms with van der Waals surface area (Å²) in [5.74, 6) is 0.0125. The normalized spacial score (nSPS) is 26.1. The fraction of sp³-hybridized carbons (Fsp3) is 0.571. The Morgan fingerprint density at radius 2 is 1.61 bits per heavy atom. The molecule has 194 valence electrons. The largest absolute Gasteiger partial charge is 0.421 e. The minimum absolute atomic E-state index is 0.0455. The zero-order valence-electron chi connectivity index (χ0n) is 18.7. The molecule has 0 unspecified atom stereocenters. The lowest BCUT2D eigenvalue weighted by molar-refractivity contribution is -0.147. The maximum Gasteiger partial charge on any atom is 0.421 e. The number of aromatic nitrogens is 4. The molecule has 0 atom stereocenters. The second kappa shape index (κ2) is 8.06. The van der Waals surface area contributed by atoms with Gasteiger partial charge in [0, 0.05) is 50.2 Å². The van der Waals surface area contributed by atoms with Crippen molar-refractivity contribution < 1.29 is 31.1 Å². The van der Waals surface area contributed by atoms with Crippen molar-refractivity contribution in [2.24, 2.45) is 5.41 Å². The summed E-state index contributed by atoms with van der Waals surface area (Å²) in [5, 5.41) is 8.53. The number of nitrogens with one attached hydrogen (secondary N) is 2. The Kier molecular flexibility index (Phi) is 5.44. The van der Waals surface area contributed by atoms with Crippen LogP contribution in [0.2, 0.25) is 0 Å². The Bertz CT molecular complexity index is 1210. The maximum absolute atomic E-state index is 13.3. The number of piperazine rings is 1. The molecule has 9 nitrogen and oxygen atoms in total. The Morgan fingerprint density at radius 1 is 0.972 bits per heavy atom. The quantitative estimate of drug-likeness (QED) is 0.601. The molecule has 2 bridgehead atoms. The van der Waals surface area contributed by atoms with Crippen LogP contribution >= 0.6 is 0 Å². The number of anilines is 2. The number of rotatable bonds is 4. The summed E-state index contributed by atoms with van der Waals surface area (Å²) < 4.78 is 77.3. The van der Waals surface area contributed by atoms with Crippen LogP contribution in [-0.2, 0) is 17.1 Å². The van der Waals surface area contributed by atoms with Gasteiger partial charge in [0.2, 0.25) is 11.9 Å². The van der Waals surface area contributed by atoms with Gasteiger partial charge in [0.05, 0.1) is 11.0 Å². The molecule has 15 heteroatoms. The molecular weight excluding hydrogens is 496 g/mol. The van der Waals surface area contributed by atoms with Gasteiger partial charge >= 0.3 is 12.4 Å². The predicted octanol–water partition coefficient (Wildman–Crippen LogP) is 2.67. The van der Waals surface area contributed by atoms with Gasteiger partial charge < -0.3 is 15.1 Å². The number of alkyl halides is 6. The summed E-state index contributed by atoms with van der Waals surface area (Å²) >= 11 is 0. The average molecular weight is 517 g/mol. The number of carbonyl (C=O) groups excluding carboxylic acids is 1. The number of aromatic amines is 1. The molecule has 36 heavy (non-hydrogen) atoms. The van der Waals surface area contributed by atoms with Crippen LogP contribution < -0.4 is 15.8 Å². The van der Waals surface area contributed by atoms with Gasteiger partial charge in [-0.25, -0.2) is 15.1 Å². The van der Waals surface area contributed by atoms with Gasteiger partial charge in [-0.1, -0.05) is 0 Å². The molecule has 0 radical (unpaired) electrons. The predicted molar refractivity (Wildman–Crippen MR) is 113 cm³/mol. The highest BCUT2D eigenvalue weighted by atomic mass is 19.4. The number of carbonyl (C=O) groups is 1. The number of H-pyrrole nitrogens is 1. The summed E-state index contributed by atoms with van der Waals surface area (Å²) in [6.45, 7) is 1.42. The van der Waals surface area contributed by atoms with Crippen LogP contribution in [0.1, 0.15) is 36.8 Å². The van der Waals surface area contributed by atoms with Gasteiger partial charge in [0.25, 0.3) is 5.56 Å². The molecular formula is C21H21F6N7O2. The van der Waals surface area contributed by atoms with E-state index in [-0.39, 0.29) is 17.7 Å². The van der Waals surface area contributed by atoms with Crippen LogP contribution in [0.25, 0.3) is 0 Å². The van der Waals surface area contributed by atoms with Crippen molar-refractivity contribution >= 4 is 17.7 Å². The van der Waals surface area contributed by atoms with E-state index in [1.165, 1.54) is 0 Å². The van der Waals surface area contributed by atoms with Crippen molar-refractivity contribution in [2.75, 3.05) is 36.4 Å². The second-order valence-corrected chi connectivity index (χ2v) is 9.58. The van der Waals surface area contributed by atoms with E-state index < -0.39 is 40.0 Å². The number of hydrogen-bond acceptors (Lipinski definition) is 7. The van der Waals surface area contributed by atoms with E-state index in [2.05, 4.69) is 20.4 Å². The summed E-state index contributed by atoms with van der Waals surface area (Å²) in [6, 6.07) is 0.677. The molecule has 2 aromatic heterocycles. The van der Waals surface area contributed by atoms with Gasteiger partial charge in [-0.3, -0.25) is 9.59 Å². The van der Waals surface area contributed by atoms with Crippen LogP contribution in [0.5, 0.6) is 0 Å². The van der Waals surface area contributed by atoms with E-state index >= 15 is 0 Å². The number of halogens is 6. The first kappa shape index (κ1) is 24.3. The smallest absolute Gasteiger partial charge is 0.363 e. The first-order valence-corrected chi connectivity index (χ1v) is 11.2. The highest BCUT2D eigenvalue weighted by molar-refractivity contribution is 5.86. The molecule has 4 aliphatic rings. The van der Waals surface area contributed by atoms with E-state index in [9.17, 15) is 35.9 Å². The molecule has 3 saturated carbocycles. The third kappa shape index (κ3) is 4.23. The molecule has 2 aromatic rings. The first-order chi connectivity index (χ1) is 16.8. The van der Waals surface area contributed by atoms with E-state index in [4.69, 9.17) is 0 Å². The fourth-order valence-electron chi connectivity index (χ4n) is 5.51. The Morgan fingerprint density at radius 3 is 2.19 bits per heavy atom. The van der Waals surface area contributed by atoms with Crippen molar-refractivity contribution in [1.82, 2.24) is 25.1 Å². The lowest BCUT2D eigenvalue weighted by Crippen LogP contribution is -2.59. The second-order valence-electron chi connectivity index (χ2n) is 9.58. The molecule has 6 rings (SSSR count).